The highest BCUT2D eigenvalue weighted by Gasteiger charge is 2.46. The third kappa shape index (κ3) is 15.5. The third-order valence-corrected chi connectivity index (χ3v) is 19.9. The maximum absolute atomic E-state index is 13.9. The number of benzene rings is 2. The standard InChI is InChI=1S/2C28H32N4O6S.C6H15N.CH4/c2*1-19-12-13-21(22(33)18-32(19)39(36,37)25-11-5-8-16-29-25)30-27(35)28(14-6-2-7-15-28)31-26(34)24-17-20-9-3-4-10-23(20)38-24;1-4-7(5-2)6-3;/h2*3-5,8-11,16-17,19,21H,2,6-7,12-15,18H2,1H3,(H,30,35)(H,31,34);4-6H2,1-3H3;1H4/t2*19-,21+;;/m11../s1/i18D2,21D;;;. The Morgan fingerprint density at radius 1 is 0.605 bits per heavy atom. The number of fused-ring (bicyclic) bond motifs is 2. The summed E-state index contributed by atoms with van der Waals surface area (Å²) in [6.45, 7) is 9.76. The van der Waals surface area contributed by atoms with Crippen LogP contribution >= 0.6 is 0 Å². The van der Waals surface area contributed by atoms with E-state index in [0.717, 1.165) is 35.4 Å². The SMILES string of the molecule is C.CCN(CC)CC.C[C@@H]1CC[C@H](NC(=O)C2(NC(=O)c3cc4ccccc4o3)CCCCC2)C(=O)CN1S(=O)(=O)c1ccccn1.[2H]C1([2H])C(=O)[C@@]([2H])(NC(=O)C2(NC(=O)c3cc4ccccc4o3)CCCCC2)CC[C@@H](C)N1S(=O)(=O)c1ccccn1. The van der Waals surface area contributed by atoms with Gasteiger partial charge in [-0.25, -0.2) is 26.8 Å². The third-order valence-electron chi connectivity index (χ3n) is 16.3. The molecule has 464 valence electrons. The largest absolute Gasteiger partial charge is 0.451 e. The van der Waals surface area contributed by atoms with Crippen molar-refractivity contribution in [3.63, 3.8) is 0 Å². The van der Waals surface area contributed by atoms with E-state index in [1.165, 1.54) is 63.2 Å². The lowest BCUT2D eigenvalue weighted by molar-refractivity contribution is -0.133. The van der Waals surface area contributed by atoms with Crippen LogP contribution in [-0.4, -0.2) is 143 Å². The molecule has 0 bridgehead atoms. The molecule has 86 heavy (non-hydrogen) atoms. The number of carbonyl (C=O) groups is 6. The molecule has 4 atom stereocenters. The minimum Gasteiger partial charge on any atom is -0.451 e. The number of nitrogens with one attached hydrogen (secondary N) is 4. The van der Waals surface area contributed by atoms with Gasteiger partial charge in [0.1, 0.15) is 22.2 Å². The Hall–Kier alpha value is -7.18. The predicted octanol–water partition coefficient (Wildman–Crippen LogP) is 8.36. The predicted molar refractivity (Wildman–Crippen MR) is 327 cm³/mol. The zero-order valence-electron chi connectivity index (χ0n) is 51.8. The molecule has 0 unspecified atom stereocenters. The van der Waals surface area contributed by atoms with Gasteiger partial charge in [0.15, 0.2) is 33.1 Å². The Labute approximate surface area is 509 Å². The number of aromatic nitrogens is 2. The second kappa shape index (κ2) is 29.5. The molecule has 6 aromatic rings. The highest BCUT2D eigenvalue weighted by Crippen LogP contribution is 2.33. The maximum atomic E-state index is 13.9. The molecule has 4 aromatic heterocycles. The number of hydrogen-bond donors (Lipinski definition) is 4. The summed E-state index contributed by atoms with van der Waals surface area (Å²) in [7, 11) is -8.57. The molecule has 4 amide bonds. The number of furan rings is 2. The van der Waals surface area contributed by atoms with E-state index in [9.17, 15) is 45.6 Å². The lowest BCUT2D eigenvalue weighted by atomic mass is 9.80. The number of nitrogens with zero attached hydrogens (tertiary/aromatic N) is 5. The summed E-state index contributed by atoms with van der Waals surface area (Å²) < 4.78 is 92.5. The molecule has 4 fully saturated rings. The number of pyridine rings is 2. The van der Waals surface area contributed by atoms with E-state index in [0.29, 0.717) is 53.0 Å². The Balaban J connectivity index is 0.000000227. The van der Waals surface area contributed by atoms with Gasteiger partial charge in [-0.3, -0.25) is 28.8 Å². The van der Waals surface area contributed by atoms with Gasteiger partial charge in [-0.05, 0) is 133 Å². The Morgan fingerprint density at radius 2 is 1.03 bits per heavy atom. The average Bonchev–Trinajstić information content (AvgIpc) is 2.03. The van der Waals surface area contributed by atoms with E-state index in [2.05, 4.69) is 56.9 Å². The molecule has 10 rings (SSSR count). The first-order valence-corrected chi connectivity index (χ1v) is 32.2. The number of sulfonamides is 2. The summed E-state index contributed by atoms with van der Waals surface area (Å²) >= 11 is 0. The van der Waals surface area contributed by atoms with Crippen molar-refractivity contribution in [2.45, 2.75) is 177 Å². The van der Waals surface area contributed by atoms with Gasteiger partial charge < -0.3 is 35.0 Å². The number of ketones is 2. The van der Waals surface area contributed by atoms with Gasteiger partial charge in [0.05, 0.1) is 29.2 Å². The summed E-state index contributed by atoms with van der Waals surface area (Å²) in [4.78, 5) is 91.2. The summed E-state index contributed by atoms with van der Waals surface area (Å²) in [5.41, 5.74) is -1.59. The fraction of sp³-hybridized carbons (Fsp3) is 0.492. The van der Waals surface area contributed by atoms with Crippen molar-refractivity contribution in [3.05, 3.63) is 121 Å². The molecular weight excluding hydrogens is 1140 g/mol. The van der Waals surface area contributed by atoms with Crippen molar-refractivity contribution in [1.29, 1.82) is 0 Å². The summed E-state index contributed by atoms with van der Waals surface area (Å²) in [6.07, 6.45) is 8.64. The molecular formula is C63H83N9O12S2. The smallest absolute Gasteiger partial charge is 0.287 e. The molecule has 2 aliphatic carbocycles. The van der Waals surface area contributed by atoms with Gasteiger partial charge >= 0.3 is 0 Å². The van der Waals surface area contributed by atoms with Crippen LogP contribution in [0.3, 0.4) is 0 Å². The van der Waals surface area contributed by atoms with E-state index >= 15 is 0 Å². The number of amides is 4. The maximum Gasteiger partial charge on any atom is 0.287 e. The summed E-state index contributed by atoms with van der Waals surface area (Å²) in [5.74, 6) is -4.08. The fourth-order valence-electron chi connectivity index (χ4n) is 11.2. The second-order valence-corrected chi connectivity index (χ2v) is 25.6. The lowest BCUT2D eigenvalue weighted by Gasteiger charge is -2.37. The number of Topliss-reactive ketones (excluding diaryl/α,β-unsaturated/α-hetero) is 2. The molecule has 2 saturated carbocycles. The lowest BCUT2D eigenvalue weighted by Crippen LogP contribution is -2.62. The van der Waals surface area contributed by atoms with Crippen LogP contribution in [0, 0.1) is 0 Å². The number of para-hydroxylation sites is 2. The van der Waals surface area contributed by atoms with Gasteiger partial charge in [-0.15, -0.1) is 0 Å². The van der Waals surface area contributed by atoms with E-state index in [-0.39, 0.29) is 62.6 Å². The highest BCUT2D eigenvalue weighted by atomic mass is 32.2. The molecule has 0 spiro atoms. The van der Waals surface area contributed by atoms with Gasteiger partial charge in [-0.2, -0.15) is 8.61 Å². The van der Waals surface area contributed by atoms with Crippen molar-refractivity contribution in [2.24, 2.45) is 0 Å². The van der Waals surface area contributed by atoms with Crippen molar-refractivity contribution in [2.75, 3.05) is 32.7 Å². The summed E-state index contributed by atoms with van der Waals surface area (Å²) in [5, 5.41) is 11.9. The molecule has 4 N–H and O–H groups in total. The normalized spacial score (nSPS) is 23.0. The number of rotatable bonds is 15. The fourth-order valence-corrected chi connectivity index (χ4v) is 14.2. The first kappa shape index (κ1) is 61.9. The van der Waals surface area contributed by atoms with E-state index in [1.54, 1.807) is 61.5 Å². The van der Waals surface area contributed by atoms with Crippen molar-refractivity contribution in [3.8, 4) is 0 Å². The van der Waals surface area contributed by atoms with Crippen LogP contribution in [0.1, 0.15) is 157 Å². The Morgan fingerprint density at radius 3 is 1.48 bits per heavy atom. The zero-order valence-corrected chi connectivity index (χ0v) is 50.4. The average molecular weight is 1230 g/mol. The topological polar surface area (TPSA) is 281 Å². The van der Waals surface area contributed by atoms with Gasteiger partial charge in [0.25, 0.3) is 31.9 Å². The Bertz CT molecular complexity index is 3620. The number of carbonyl (C=O) groups excluding carboxylic acids is 6. The molecule has 0 radical (unpaired) electrons. The van der Waals surface area contributed by atoms with Crippen molar-refractivity contribution >= 4 is 77.2 Å². The van der Waals surface area contributed by atoms with Crippen LogP contribution in [0.15, 0.2) is 128 Å². The molecule has 21 nitrogen and oxygen atoms in total. The zero-order chi connectivity index (χ0) is 63.7. The molecule has 2 aliphatic heterocycles. The molecule has 23 heteroatoms. The van der Waals surface area contributed by atoms with E-state index in [4.69, 9.17) is 12.9 Å². The second-order valence-electron chi connectivity index (χ2n) is 22.0. The highest BCUT2D eigenvalue weighted by molar-refractivity contribution is 7.89. The Kier molecular flexibility index (Phi) is 21.2. The van der Waals surface area contributed by atoms with Crippen LogP contribution < -0.4 is 21.3 Å². The van der Waals surface area contributed by atoms with E-state index < -0.39 is 102 Å². The molecule has 4 aliphatic rings. The molecule has 6 heterocycles. The van der Waals surface area contributed by atoms with Crippen LogP contribution in [0.2, 0.25) is 0 Å². The van der Waals surface area contributed by atoms with Crippen molar-refractivity contribution in [1.82, 2.24) is 44.7 Å². The summed E-state index contributed by atoms with van der Waals surface area (Å²) in [6, 6.07) is 21.4. The van der Waals surface area contributed by atoms with E-state index in [1.807, 2.05) is 18.2 Å². The van der Waals surface area contributed by atoms with Crippen LogP contribution in [0.4, 0.5) is 0 Å². The van der Waals surface area contributed by atoms with Crippen LogP contribution in [-0.2, 0) is 39.2 Å². The molecule has 2 aromatic carbocycles. The monoisotopic (exact) mass is 1220 g/mol. The number of hydrogen-bond acceptors (Lipinski definition) is 15. The van der Waals surface area contributed by atoms with Gasteiger partial charge in [0, 0.05) is 35.2 Å². The van der Waals surface area contributed by atoms with Crippen LogP contribution in [0.5, 0.6) is 0 Å². The first-order chi connectivity index (χ1) is 41.8. The van der Waals surface area contributed by atoms with Gasteiger partial charge in [0.2, 0.25) is 11.8 Å². The first-order valence-electron chi connectivity index (χ1n) is 30.8. The van der Waals surface area contributed by atoms with Crippen molar-refractivity contribution < 1.29 is 58.5 Å². The minimum atomic E-state index is -4.58. The molecule has 2 saturated heterocycles. The quantitative estimate of drug-likeness (QED) is 0.0751. The van der Waals surface area contributed by atoms with Gasteiger partial charge in [-0.1, -0.05) is 115 Å². The minimum absolute atomic E-state index is 0. The van der Waals surface area contributed by atoms with Crippen LogP contribution in [0.25, 0.3) is 21.9 Å².